The summed E-state index contributed by atoms with van der Waals surface area (Å²) in [5.74, 6) is 0.865. The van der Waals surface area contributed by atoms with Gasteiger partial charge in [0.15, 0.2) is 0 Å². The first-order chi connectivity index (χ1) is 10.6. The summed E-state index contributed by atoms with van der Waals surface area (Å²) >= 11 is 0. The number of methoxy groups -OCH3 is 2. The normalized spacial score (nSPS) is 11.6. The molecule has 6 heteroatoms. The number of anilines is 2. The lowest BCUT2D eigenvalue weighted by Gasteiger charge is -2.11. The molecule has 0 saturated heterocycles. The largest absolute Gasteiger partial charge is 0.481 e. The number of nitrogens with zero attached hydrogens (tertiary/aromatic N) is 2. The zero-order chi connectivity index (χ0) is 15.9. The minimum Gasteiger partial charge on any atom is -0.481 e. The summed E-state index contributed by atoms with van der Waals surface area (Å²) in [6.45, 7) is 1.99. The molecule has 1 aromatic carbocycles. The molecule has 0 amide bonds. The second kappa shape index (κ2) is 7.40. The van der Waals surface area contributed by atoms with Gasteiger partial charge in [0.05, 0.1) is 20.6 Å². The summed E-state index contributed by atoms with van der Waals surface area (Å²) in [4.78, 5) is 19.6. The van der Waals surface area contributed by atoms with Gasteiger partial charge in [0.2, 0.25) is 11.8 Å². The van der Waals surface area contributed by atoms with Crippen LogP contribution in [0.3, 0.4) is 0 Å². The van der Waals surface area contributed by atoms with Gasteiger partial charge in [0.1, 0.15) is 0 Å². The number of hydrogen-bond acceptors (Lipinski definition) is 6. The van der Waals surface area contributed by atoms with Crippen molar-refractivity contribution in [1.82, 2.24) is 9.97 Å². The first-order valence-corrected chi connectivity index (χ1v) is 6.93. The van der Waals surface area contributed by atoms with Gasteiger partial charge in [0.25, 0.3) is 0 Å². The van der Waals surface area contributed by atoms with E-state index < -0.39 is 0 Å². The number of aromatic nitrogens is 2. The predicted octanol–water partition coefficient (Wildman–Crippen LogP) is 2.90. The van der Waals surface area contributed by atoms with Crippen LogP contribution in [0.5, 0.6) is 5.88 Å². The molecule has 0 aliphatic rings. The van der Waals surface area contributed by atoms with E-state index in [1.807, 2.05) is 31.2 Å². The molecule has 22 heavy (non-hydrogen) atoms. The maximum atomic E-state index is 11.3. The minimum atomic E-state index is -0.209. The molecule has 2 rings (SSSR count). The van der Waals surface area contributed by atoms with Crippen LogP contribution in [-0.4, -0.2) is 30.2 Å². The van der Waals surface area contributed by atoms with Crippen LogP contribution in [0.15, 0.2) is 36.5 Å². The van der Waals surface area contributed by atoms with E-state index in [1.165, 1.54) is 7.11 Å². The molecule has 0 aliphatic carbocycles. The molecule has 116 valence electrons. The van der Waals surface area contributed by atoms with E-state index >= 15 is 0 Å². The summed E-state index contributed by atoms with van der Waals surface area (Å²) in [5.41, 5.74) is 1.93. The minimum absolute atomic E-state index is 0.106. The van der Waals surface area contributed by atoms with Crippen molar-refractivity contribution in [2.24, 2.45) is 0 Å². The maximum absolute atomic E-state index is 11.3. The van der Waals surface area contributed by atoms with Gasteiger partial charge in [-0.25, -0.2) is 4.98 Å². The molecular formula is C16H19N3O3. The SMILES string of the molecule is COC(=O)CC(C)c1ccc(Nc2nccc(OC)n2)cc1. The van der Waals surface area contributed by atoms with Crippen LogP contribution in [0, 0.1) is 0 Å². The summed E-state index contributed by atoms with van der Waals surface area (Å²) in [6, 6.07) is 9.47. The number of benzene rings is 1. The van der Waals surface area contributed by atoms with Gasteiger partial charge in [-0.15, -0.1) is 0 Å². The van der Waals surface area contributed by atoms with Gasteiger partial charge in [0, 0.05) is 18.0 Å². The lowest BCUT2D eigenvalue weighted by atomic mass is 9.98. The zero-order valence-electron chi connectivity index (χ0n) is 12.9. The number of hydrogen-bond donors (Lipinski definition) is 1. The highest BCUT2D eigenvalue weighted by molar-refractivity contribution is 5.70. The highest BCUT2D eigenvalue weighted by Gasteiger charge is 2.11. The van der Waals surface area contributed by atoms with Gasteiger partial charge in [-0.3, -0.25) is 4.79 Å². The highest BCUT2D eigenvalue weighted by Crippen LogP contribution is 2.22. The molecule has 1 aromatic heterocycles. The van der Waals surface area contributed by atoms with Crippen LogP contribution < -0.4 is 10.1 Å². The Morgan fingerprint density at radius 3 is 2.59 bits per heavy atom. The van der Waals surface area contributed by atoms with Crippen molar-refractivity contribution in [3.63, 3.8) is 0 Å². The van der Waals surface area contributed by atoms with Crippen LogP contribution in [0.4, 0.5) is 11.6 Å². The lowest BCUT2D eigenvalue weighted by molar-refractivity contribution is -0.140. The van der Waals surface area contributed by atoms with Crippen molar-refractivity contribution < 1.29 is 14.3 Å². The smallest absolute Gasteiger partial charge is 0.306 e. The maximum Gasteiger partial charge on any atom is 0.306 e. The third kappa shape index (κ3) is 4.18. The zero-order valence-corrected chi connectivity index (χ0v) is 12.9. The molecule has 6 nitrogen and oxygen atoms in total. The number of carbonyl (C=O) groups excluding carboxylic acids is 1. The van der Waals surface area contributed by atoms with Gasteiger partial charge in [-0.1, -0.05) is 19.1 Å². The van der Waals surface area contributed by atoms with Crippen molar-refractivity contribution in [3.8, 4) is 5.88 Å². The molecule has 1 unspecified atom stereocenters. The Morgan fingerprint density at radius 1 is 1.23 bits per heavy atom. The van der Waals surface area contributed by atoms with Crippen LogP contribution in [0.25, 0.3) is 0 Å². The molecule has 0 aliphatic heterocycles. The van der Waals surface area contributed by atoms with E-state index in [9.17, 15) is 4.79 Å². The van der Waals surface area contributed by atoms with Crippen molar-refractivity contribution in [2.75, 3.05) is 19.5 Å². The number of carbonyl (C=O) groups is 1. The summed E-state index contributed by atoms with van der Waals surface area (Å²) in [7, 11) is 2.96. The second-order valence-electron chi connectivity index (χ2n) is 4.85. The monoisotopic (exact) mass is 301 g/mol. The van der Waals surface area contributed by atoms with Crippen LogP contribution in [0.1, 0.15) is 24.8 Å². The Bertz CT molecular complexity index is 629. The summed E-state index contributed by atoms with van der Waals surface area (Å²) < 4.78 is 9.74. The first kappa shape index (κ1) is 15.8. The highest BCUT2D eigenvalue weighted by atomic mass is 16.5. The fraction of sp³-hybridized carbons (Fsp3) is 0.312. The van der Waals surface area contributed by atoms with E-state index in [0.29, 0.717) is 18.2 Å². The quantitative estimate of drug-likeness (QED) is 0.827. The number of ether oxygens (including phenoxy) is 2. The van der Waals surface area contributed by atoms with Crippen LogP contribution in [0.2, 0.25) is 0 Å². The average molecular weight is 301 g/mol. The van der Waals surface area contributed by atoms with Crippen LogP contribution in [-0.2, 0) is 9.53 Å². The number of rotatable bonds is 6. The molecule has 0 saturated carbocycles. The molecule has 2 aromatic rings. The second-order valence-corrected chi connectivity index (χ2v) is 4.85. The Balaban J connectivity index is 2.03. The Hall–Kier alpha value is -2.63. The number of esters is 1. The topological polar surface area (TPSA) is 73.3 Å². The van der Waals surface area contributed by atoms with Crippen molar-refractivity contribution in [1.29, 1.82) is 0 Å². The fourth-order valence-corrected chi connectivity index (χ4v) is 1.99. The molecule has 1 heterocycles. The van der Waals surface area contributed by atoms with Crippen molar-refractivity contribution in [3.05, 3.63) is 42.1 Å². The Labute approximate surface area is 129 Å². The lowest BCUT2D eigenvalue weighted by Crippen LogP contribution is -2.06. The Kier molecular flexibility index (Phi) is 5.30. The number of nitrogens with one attached hydrogen (secondary N) is 1. The van der Waals surface area contributed by atoms with Gasteiger partial charge in [-0.2, -0.15) is 4.98 Å². The summed E-state index contributed by atoms with van der Waals surface area (Å²) in [6.07, 6.45) is 1.99. The fourth-order valence-electron chi connectivity index (χ4n) is 1.99. The average Bonchev–Trinajstić information content (AvgIpc) is 2.55. The van der Waals surface area contributed by atoms with Crippen LogP contribution >= 0.6 is 0 Å². The molecule has 0 spiro atoms. The molecule has 1 atom stereocenters. The van der Waals surface area contributed by atoms with Gasteiger partial charge < -0.3 is 14.8 Å². The molecular weight excluding hydrogens is 282 g/mol. The van der Waals surface area contributed by atoms with E-state index in [-0.39, 0.29) is 11.9 Å². The van der Waals surface area contributed by atoms with Crippen molar-refractivity contribution >= 4 is 17.6 Å². The molecule has 1 N–H and O–H groups in total. The molecule has 0 bridgehead atoms. The standard InChI is InChI=1S/C16H19N3O3/c1-11(10-15(20)22-3)12-4-6-13(7-5-12)18-16-17-9-8-14(19-16)21-2/h4-9,11H,10H2,1-3H3,(H,17,18,19). The summed E-state index contributed by atoms with van der Waals surface area (Å²) in [5, 5.41) is 3.10. The third-order valence-corrected chi connectivity index (χ3v) is 3.28. The molecule has 0 fully saturated rings. The van der Waals surface area contributed by atoms with E-state index in [0.717, 1.165) is 11.3 Å². The van der Waals surface area contributed by atoms with Gasteiger partial charge >= 0.3 is 5.97 Å². The Morgan fingerprint density at radius 2 is 1.95 bits per heavy atom. The van der Waals surface area contributed by atoms with E-state index in [2.05, 4.69) is 20.0 Å². The molecule has 0 radical (unpaired) electrons. The predicted molar refractivity (Wildman–Crippen MR) is 83.4 cm³/mol. The van der Waals surface area contributed by atoms with E-state index in [1.54, 1.807) is 19.4 Å². The third-order valence-electron chi connectivity index (χ3n) is 3.28. The first-order valence-electron chi connectivity index (χ1n) is 6.93. The van der Waals surface area contributed by atoms with Crippen molar-refractivity contribution in [2.45, 2.75) is 19.3 Å². The van der Waals surface area contributed by atoms with Gasteiger partial charge in [-0.05, 0) is 23.6 Å². The van der Waals surface area contributed by atoms with E-state index in [4.69, 9.17) is 4.74 Å².